The second-order valence-corrected chi connectivity index (χ2v) is 2.65. The number of hydrogen-bond acceptors (Lipinski definition) is 2. The van der Waals surface area contributed by atoms with Gasteiger partial charge < -0.3 is 0 Å². The van der Waals surface area contributed by atoms with Gasteiger partial charge >= 0.3 is 0 Å². The maximum atomic E-state index is 4.38. The van der Waals surface area contributed by atoms with Gasteiger partial charge in [0.15, 0.2) is 0 Å². The van der Waals surface area contributed by atoms with Gasteiger partial charge in [-0.2, -0.15) is 0 Å². The minimum Gasteiger partial charge on any atom is -0.253 e. The summed E-state index contributed by atoms with van der Waals surface area (Å²) in [6.07, 6.45) is 0. The third kappa shape index (κ3) is 2.41. The number of pyridine rings is 1. The van der Waals surface area contributed by atoms with Crippen molar-refractivity contribution >= 4 is 22.7 Å². The first-order chi connectivity index (χ1) is 6.36. The van der Waals surface area contributed by atoms with E-state index >= 15 is 0 Å². The molecule has 68 valence electrons. The molecular weight excluding hydrogens is 184 g/mol. The van der Waals surface area contributed by atoms with Crippen LogP contribution >= 0.6 is 11.8 Å². The van der Waals surface area contributed by atoms with Crippen LogP contribution in [0.25, 0.3) is 10.9 Å². The lowest BCUT2D eigenvalue weighted by atomic mass is 10.2. The van der Waals surface area contributed by atoms with E-state index in [1.54, 1.807) is 0 Å². The maximum absolute atomic E-state index is 4.38. The van der Waals surface area contributed by atoms with E-state index in [-0.39, 0.29) is 0 Å². The van der Waals surface area contributed by atoms with Gasteiger partial charge in [0, 0.05) is 11.1 Å². The number of benzene rings is 1. The SMILES string of the molecule is Cc1ccc2ccccc2n1.NCl. The molecule has 0 aliphatic heterocycles. The molecule has 1 aromatic carbocycles. The van der Waals surface area contributed by atoms with Crippen molar-refractivity contribution in [2.24, 2.45) is 5.25 Å². The van der Waals surface area contributed by atoms with Crippen LogP contribution < -0.4 is 5.25 Å². The Labute approximate surface area is 82.5 Å². The summed E-state index contributed by atoms with van der Waals surface area (Å²) >= 11 is 4.14. The summed E-state index contributed by atoms with van der Waals surface area (Å²) in [5.41, 5.74) is 2.15. The molecule has 3 heteroatoms. The van der Waals surface area contributed by atoms with Crippen molar-refractivity contribution in [3.8, 4) is 0 Å². The van der Waals surface area contributed by atoms with Gasteiger partial charge in [0.05, 0.1) is 5.52 Å². The lowest BCUT2D eigenvalue weighted by molar-refractivity contribution is 1.26. The summed E-state index contributed by atoms with van der Waals surface area (Å²) in [5.74, 6) is 0. The summed E-state index contributed by atoms with van der Waals surface area (Å²) in [4.78, 5) is 4.38. The van der Waals surface area contributed by atoms with E-state index in [4.69, 9.17) is 0 Å². The number of halogens is 1. The molecule has 1 heterocycles. The standard InChI is InChI=1S/C10H9N.ClH2N/c1-8-6-7-9-4-2-3-5-10(9)11-8;1-2/h2-7H,1H3;2H2. The fourth-order valence-corrected chi connectivity index (χ4v) is 1.17. The highest BCUT2D eigenvalue weighted by Gasteiger charge is 1.90. The second kappa shape index (κ2) is 4.80. The van der Waals surface area contributed by atoms with Crippen LogP contribution in [0.3, 0.4) is 0 Å². The molecule has 0 radical (unpaired) electrons. The van der Waals surface area contributed by atoms with Gasteiger partial charge in [-0.25, -0.2) is 5.25 Å². The number of hydrogen-bond donors (Lipinski definition) is 1. The Morgan fingerprint density at radius 3 is 2.54 bits per heavy atom. The number of aromatic nitrogens is 1. The zero-order chi connectivity index (χ0) is 9.68. The van der Waals surface area contributed by atoms with E-state index in [1.165, 1.54) is 5.39 Å². The summed E-state index contributed by atoms with van der Waals surface area (Å²) < 4.78 is 0. The van der Waals surface area contributed by atoms with E-state index in [0.717, 1.165) is 11.2 Å². The number of rotatable bonds is 0. The van der Waals surface area contributed by atoms with Gasteiger partial charge in [-0.1, -0.05) is 24.3 Å². The molecule has 2 aromatic rings. The monoisotopic (exact) mass is 194 g/mol. The maximum Gasteiger partial charge on any atom is 0.0705 e. The zero-order valence-electron chi connectivity index (χ0n) is 7.37. The first-order valence-electron chi connectivity index (χ1n) is 3.90. The highest BCUT2D eigenvalue weighted by atomic mass is 35.5. The summed E-state index contributed by atoms with van der Waals surface area (Å²) in [6, 6.07) is 12.3. The van der Waals surface area contributed by atoms with Gasteiger partial charge in [-0.3, -0.25) is 4.98 Å². The van der Waals surface area contributed by atoms with Crippen LogP contribution in [0.15, 0.2) is 36.4 Å². The number of fused-ring (bicyclic) bond motifs is 1. The van der Waals surface area contributed by atoms with Gasteiger partial charge in [0.25, 0.3) is 0 Å². The molecule has 0 amide bonds. The minimum atomic E-state index is 1.07. The van der Waals surface area contributed by atoms with Crippen LogP contribution in [0.1, 0.15) is 5.69 Å². The number of para-hydroxylation sites is 1. The van der Waals surface area contributed by atoms with Crippen LogP contribution in [-0.4, -0.2) is 4.98 Å². The lowest BCUT2D eigenvalue weighted by Gasteiger charge is -1.95. The highest BCUT2D eigenvalue weighted by Crippen LogP contribution is 2.10. The molecule has 0 saturated carbocycles. The van der Waals surface area contributed by atoms with Gasteiger partial charge in [0.1, 0.15) is 0 Å². The molecule has 0 unspecified atom stereocenters. The summed E-state index contributed by atoms with van der Waals surface area (Å²) in [7, 11) is 0. The first-order valence-corrected chi connectivity index (χ1v) is 4.34. The van der Waals surface area contributed by atoms with Crippen LogP contribution in [-0.2, 0) is 0 Å². The molecule has 0 atom stereocenters. The van der Waals surface area contributed by atoms with Crippen LogP contribution in [0.2, 0.25) is 0 Å². The predicted molar refractivity (Wildman–Crippen MR) is 56.5 cm³/mol. The Bertz CT molecular complexity index is 387. The average Bonchev–Trinajstić information content (AvgIpc) is 2.21. The van der Waals surface area contributed by atoms with Crippen LogP contribution in [0, 0.1) is 6.92 Å². The van der Waals surface area contributed by atoms with Crippen molar-refractivity contribution in [3.05, 3.63) is 42.1 Å². The predicted octanol–water partition coefficient (Wildman–Crippen LogP) is 2.64. The van der Waals surface area contributed by atoms with Crippen molar-refractivity contribution < 1.29 is 0 Å². The number of aryl methyl sites for hydroxylation is 1. The Morgan fingerprint density at radius 2 is 1.77 bits per heavy atom. The van der Waals surface area contributed by atoms with Crippen molar-refractivity contribution in [2.45, 2.75) is 6.92 Å². The van der Waals surface area contributed by atoms with Gasteiger partial charge in [-0.15, -0.1) is 0 Å². The average molecular weight is 195 g/mol. The van der Waals surface area contributed by atoms with Gasteiger partial charge in [0.2, 0.25) is 0 Å². The van der Waals surface area contributed by atoms with Gasteiger partial charge in [-0.05, 0) is 30.8 Å². The zero-order valence-corrected chi connectivity index (χ0v) is 8.12. The molecule has 0 spiro atoms. The van der Waals surface area contributed by atoms with Crippen molar-refractivity contribution in [3.63, 3.8) is 0 Å². The minimum absolute atomic E-state index is 1.07. The molecule has 2 rings (SSSR count). The number of nitrogens with two attached hydrogens (primary N) is 1. The molecule has 13 heavy (non-hydrogen) atoms. The van der Waals surface area contributed by atoms with E-state index in [9.17, 15) is 0 Å². The normalized spacial score (nSPS) is 9.15. The third-order valence-electron chi connectivity index (χ3n) is 1.74. The fourth-order valence-electron chi connectivity index (χ4n) is 1.17. The molecule has 2 nitrogen and oxygen atoms in total. The van der Waals surface area contributed by atoms with E-state index in [0.29, 0.717) is 0 Å². The largest absolute Gasteiger partial charge is 0.253 e. The third-order valence-corrected chi connectivity index (χ3v) is 1.74. The van der Waals surface area contributed by atoms with E-state index in [2.05, 4.69) is 34.1 Å². The Hall–Kier alpha value is -1.12. The molecular formula is C10H11ClN2. The molecule has 0 aliphatic carbocycles. The lowest BCUT2D eigenvalue weighted by Crippen LogP contribution is -1.80. The van der Waals surface area contributed by atoms with E-state index < -0.39 is 0 Å². The Kier molecular flexibility index (Phi) is 3.68. The van der Waals surface area contributed by atoms with Crippen molar-refractivity contribution in [1.82, 2.24) is 4.98 Å². The first kappa shape index (κ1) is 9.96. The van der Waals surface area contributed by atoms with Crippen LogP contribution in [0.5, 0.6) is 0 Å². The second-order valence-electron chi connectivity index (χ2n) is 2.65. The van der Waals surface area contributed by atoms with Crippen molar-refractivity contribution in [2.75, 3.05) is 0 Å². The molecule has 2 N–H and O–H groups in total. The molecule has 0 aliphatic rings. The molecule has 0 fully saturated rings. The van der Waals surface area contributed by atoms with Crippen molar-refractivity contribution in [1.29, 1.82) is 0 Å². The Morgan fingerprint density at radius 1 is 1.08 bits per heavy atom. The smallest absolute Gasteiger partial charge is 0.0705 e. The Balaban J connectivity index is 0.000000396. The molecule has 0 bridgehead atoms. The number of nitrogens with zero attached hydrogens (tertiary/aromatic N) is 1. The fraction of sp³-hybridized carbons (Fsp3) is 0.100. The molecule has 0 saturated heterocycles. The summed E-state index contributed by atoms with van der Waals surface area (Å²) in [5, 5.41) is 5.18. The molecule has 1 aromatic heterocycles. The van der Waals surface area contributed by atoms with Crippen LogP contribution in [0.4, 0.5) is 0 Å². The quantitative estimate of drug-likeness (QED) is 0.655. The topological polar surface area (TPSA) is 38.9 Å². The summed E-state index contributed by atoms with van der Waals surface area (Å²) in [6.45, 7) is 2.01. The highest BCUT2D eigenvalue weighted by molar-refractivity contribution is 6.11. The van der Waals surface area contributed by atoms with E-state index in [1.807, 2.05) is 31.2 Å².